The van der Waals surface area contributed by atoms with E-state index in [0.717, 1.165) is 5.92 Å². The Balaban J connectivity index is 2.53. The predicted octanol–water partition coefficient (Wildman–Crippen LogP) is 3.72. The quantitative estimate of drug-likeness (QED) is 0.697. The highest BCUT2D eigenvalue weighted by Crippen LogP contribution is 2.34. The number of benzene rings is 1. The van der Waals surface area contributed by atoms with Gasteiger partial charge in [0.1, 0.15) is 0 Å². The lowest BCUT2D eigenvalue weighted by molar-refractivity contribution is 0.635. The molecule has 0 saturated heterocycles. The van der Waals surface area contributed by atoms with Crippen LogP contribution in [0, 0.1) is 5.92 Å². The van der Waals surface area contributed by atoms with Crippen molar-refractivity contribution in [1.29, 1.82) is 0 Å². The molecule has 0 aromatic heterocycles. The molecule has 1 aromatic carbocycles. The van der Waals surface area contributed by atoms with Gasteiger partial charge in [-0.05, 0) is 22.8 Å². The highest BCUT2D eigenvalue weighted by molar-refractivity contribution is 8.16. The SMILES string of the molecule is CCC(C)C[SH](C)c1ccccc1. The van der Waals surface area contributed by atoms with Gasteiger partial charge in [0.15, 0.2) is 0 Å². The van der Waals surface area contributed by atoms with Gasteiger partial charge >= 0.3 is 0 Å². The molecule has 1 rings (SSSR count). The average Bonchev–Trinajstić information content (AvgIpc) is 2.19. The van der Waals surface area contributed by atoms with Gasteiger partial charge < -0.3 is 0 Å². The van der Waals surface area contributed by atoms with Crippen LogP contribution in [-0.4, -0.2) is 12.0 Å². The minimum absolute atomic E-state index is 0.0791. The first-order valence-corrected chi connectivity index (χ1v) is 6.97. The van der Waals surface area contributed by atoms with E-state index in [1.807, 2.05) is 0 Å². The van der Waals surface area contributed by atoms with Crippen LogP contribution in [0.4, 0.5) is 0 Å². The van der Waals surface area contributed by atoms with Crippen molar-refractivity contribution in [3.05, 3.63) is 30.3 Å². The number of hydrogen-bond acceptors (Lipinski definition) is 0. The van der Waals surface area contributed by atoms with E-state index >= 15 is 0 Å². The second-order valence-corrected chi connectivity index (χ2v) is 6.01. The molecule has 2 unspecified atom stereocenters. The molecule has 0 aliphatic heterocycles. The van der Waals surface area contributed by atoms with Crippen LogP contribution in [0.3, 0.4) is 0 Å². The molecule has 13 heavy (non-hydrogen) atoms. The van der Waals surface area contributed by atoms with Gasteiger partial charge in [-0.3, -0.25) is 0 Å². The fraction of sp³-hybridized carbons (Fsp3) is 0.500. The third-order valence-corrected chi connectivity index (χ3v) is 4.83. The van der Waals surface area contributed by atoms with E-state index in [0.29, 0.717) is 0 Å². The van der Waals surface area contributed by atoms with Gasteiger partial charge in [0.2, 0.25) is 0 Å². The summed E-state index contributed by atoms with van der Waals surface area (Å²) in [5.74, 6) is 2.24. The zero-order valence-electron chi connectivity index (χ0n) is 8.83. The van der Waals surface area contributed by atoms with E-state index in [4.69, 9.17) is 0 Å². The van der Waals surface area contributed by atoms with E-state index in [2.05, 4.69) is 50.4 Å². The van der Waals surface area contributed by atoms with E-state index in [1.54, 1.807) is 0 Å². The molecule has 2 atom stereocenters. The lowest BCUT2D eigenvalue weighted by Gasteiger charge is -2.20. The van der Waals surface area contributed by atoms with Crippen LogP contribution >= 0.6 is 10.9 Å². The Kier molecular flexibility index (Phi) is 4.37. The van der Waals surface area contributed by atoms with E-state index in [-0.39, 0.29) is 10.9 Å². The maximum Gasteiger partial charge on any atom is -0.0127 e. The van der Waals surface area contributed by atoms with Crippen LogP contribution in [0.25, 0.3) is 0 Å². The van der Waals surface area contributed by atoms with Crippen LogP contribution in [-0.2, 0) is 0 Å². The zero-order chi connectivity index (χ0) is 9.68. The first kappa shape index (κ1) is 10.6. The molecule has 0 fully saturated rings. The first-order chi connectivity index (χ1) is 6.24. The molecule has 0 aliphatic rings. The second-order valence-electron chi connectivity index (χ2n) is 3.73. The van der Waals surface area contributed by atoms with Crippen LogP contribution < -0.4 is 0 Å². The Morgan fingerprint density at radius 1 is 1.23 bits per heavy atom. The molecule has 0 bridgehead atoms. The monoisotopic (exact) mass is 196 g/mol. The molecular formula is C12H20S. The van der Waals surface area contributed by atoms with Crippen molar-refractivity contribution < 1.29 is 0 Å². The molecular weight excluding hydrogens is 176 g/mol. The average molecular weight is 196 g/mol. The van der Waals surface area contributed by atoms with Crippen molar-refractivity contribution in [2.75, 3.05) is 12.0 Å². The van der Waals surface area contributed by atoms with Gasteiger partial charge in [-0.15, -0.1) is 0 Å². The van der Waals surface area contributed by atoms with E-state index < -0.39 is 0 Å². The molecule has 0 radical (unpaired) electrons. The minimum Gasteiger partial charge on any atom is -0.230 e. The molecule has 1 heteroatoms. The van der Waals surface area contributed by atoms with Gasteiger partial charge in [-0.1, -0.05) is 50.6 Å². The molecule has 0 aliphatic carbocycles. The summed E-state index contributed by atoms with van der Waals surface area (Å²) in [5.41, 5.74) is 0. The Morgan fingerprint density at radius 2 is 1.85 bits per heavy atom. The summed E-state index contributed by atoms with van der Waals surface area (Å²) in [4.78, 5) is 1.54. The predicted molar refractivity (Wildman–Crippen MR) is 63.9 cm³/mol. The van der Waals surface area contributed by atoms with Crippen LogP contribution in [0.15, 0.2) is 35.2 Å². The largest absolute Gasteiger partial charge is 0.230 e. The summed E-state index contributed by atoms with van der Waals surface area (Å²) in [6, 6.07) is 10.9. The van der Waals surface area contributed by atoms with Crippen molar-refractivity contribution in [3.63, 3.8) is 0 Å². The topological polar surface area (TPSA) is 0 Å². The smallest absolute Gasteiger partial charge is 0.0127 e. The maximum atomic E-state index is 2.39. The highest BCUT2D eigenvalue weighted by Gasteiger charge is 2.04. The van der Waals surface area contributed by atoms with Crippen molar-refractivity contribution in [2.24, 2.45) is 5.92 Å². The van der Waals surface area contributed by atoms with Gasteiger partial charge in [-0.25, -0.2) is 10.9 Å². The van der Waals surface area contributed by atoms with Crippen molar-refractivity contribution in [3.8, 4) is 0 Å². The molecule has 1 aromatic rings. The normalized spacial score (nSPS) is 16.7. The molecule has 0 spiro atoms. The fourth-order valence-corrected chi connectivity index (χ4v) is 3.47. The summed E-state index contributed by atoms with van der Waals surface area (Å²) in [7, 11) is 0.0791. The Bertz CT molecular complexity index is 230. The Labute approximate surface area is 84.7 Å². The Morgan fingerprint density at radius 3 is 2.38 bits per heavy atom. The van der Waals surface area contributed by atoms with Gasteiger partial charge in [-0.2, -0.15) is 0 Å². The maximum absolute atomic E-state index is 2.39. The van der Waals surface area contributed by atoms with Crippen molar-refractivity contribution in [1.82, 2.24) is 0 Å². The fourth-order valence-electron chi connectivity index (χ4n) is 1.38. The van der Waals surface area contributed by atoms with Gasteiger partial charge in [0, 0.05) is 0 Å². The summed E-state index contributed by atoms with van der Waals surface area (Å²) in [5, 5.41) is 0. The van der Waals surface area contributed by atoms with E-state index in [9.17, 15) is 0 Å². The zero-order valence-corrected chi connectivity index (χ0v) is 9.72. The molecule has 0 saturated carbocycles. The summed E-state index contributed by atoms with van der Waals surface area (Å²) in [6.45, 7) is 4.63. The van der Waals surface area contributed by atoms with Crippen LogP contribution in [0.2, 0.25) is 0 Å². The Hall–Kier alpha value is -0.430. The summed E-state index contributed by atoms with van der Waals surface area (Å²) in [6.07, 6.45) is 3.69. The van der Waals surface area contributed by atoms with Gasteiger partial charge in [0.05, 0.1) is 0 Å². The van der Waals surface area contributed by atoms with Crippen LogP contribution in [0.1, 0.15) is 20.3 Å². The van der Waals surface area contributed by atoms with Crippen molar-refractivity contribution in [2.45, 2.75) is 25.2 Å². The minimum atomic E-state index is 0.0791. The number of thiol groups is 1. The van der Waals surface area contributed by atoms with Gasteiger partial charge in [0.25, 0.3) is 0 Å². The molecule has 0 amide bonds. The second kappa shape index (κ2) is 5.33. The standard InChI is InChI=1S/C12H20S/c1-4-11(2)10-13(3)12-8-6-5-7-9-12/h5-9,11,13H,4,10H2,1-3H3. The third kappa shape index (κ3) is 3.43. The first-order valence-electron chi connectivity index (χ1n) is 5.00. The summed E-state index contributed by atoms with van der Waals surface area (Å²) >= 11 is 0. The lowest BCUT2D eigenvalue weighted by Crippen LogP contribution is -2.00. The molecule has 74 valence electrons. The number of rotatable bonds is 4. The molecule has 0 heterocycles. The highest BCUT2D eigenvalue weighted by atomic mass is 32.2. The summed E-state index contributed by atoms with van der Waals surface area (Å²) < 4.78 is 0. The third-order valence-electron chi connectivity index (χ3n) is 2.48. The molecule has 0 N–H and O–H groups in total. The van der Waals surface area contributed by atoms with E-state index in [1.165, 1.54) is 17.1 Å². The van der Waals surface area contributed by atoms with Crippen LogP contribution in [0.5, 0.6) is 0 Å². The molecule has 0 nitrogen and oxygen atoms in total. The van der Waals surface area contributed by atoms with Crippen molar-refractivity contribution >= 4 is 10.9 Å². The lowest BCUT2D eigenvalue weighted by atomic mass is 10.2. The number of hydrogen-bond donors (Lipinski definition) is 1.